The number of anilines is 1. The molecule has 33 heavy (non-hydrogen) atoms. The predicted octanol–water partition coefficient (Wildman–Crippen LogP) is 3.19. The summed E-state index contributed by atoms with van der Waals surface area (Å²) in [6.45, 7) is 1.18. The molecule has 2 aromatic carbocycles. The van der Waals surface area contributed by atoms with Gasteiger partial charge in [0.25, 0.3) is 0 Å². The Hall–Kier alpha value is -4.24. The van der Waals surface area contributed by atoms with Crippen LogP contribution in [0.1, 0.15) is 0 Å². The van der Waals surface area contributed by atoms with E-state index in [4.69, 9.17) is 20.3 Å². The number of nitrogen functional groups attached to an aromatic ring is 1. The van der Waals surface area contributed by atoms with E-state index in [0.29, 0.717) is 48.0 Å². The van der Waals surface area contributed by atoms with E-state index in [0.717, 1.165) is 11.3 Å². The molecular weight excluding hydrogens is 420 g/mol. The van der Waals surface area contributed by atoms with Crippen LogP contribution in [0.15, 0.2) is 73.1 Å². The Bertz CT molecular complexity index is 1250. The number of carbonyl (C=O) groups excluding carboxylic acids is 1. The number of nitrogens with zero attached hydrogens (tertiary/aromatic N) is 4. The Morgan fingerprint density at radius 1 is 1.09 bits per heavy atom. The number of fused-ring (bicyclic) bond motifs is 1. The van der Waals surface area contributed by atoms with Gasteiger partial charge in [0.1, 0.15) is 29.3 Å². The van der Waals surface area contributed by atoms with Gasteiger partial charge in [0, 0.05) is 25.3 Å². The van der Waals surface area contributed by atoms with E-state index >= 15 is 0 Å². The number of nitrogens with one attached hydrogen (secondary N) is 1. The van der Waals surface area contributed by atoms with E-state index in [1.54, 1.807) is 17.9 Å². The van der Waals surface area contributed by atoms with Crippen molar-refractivity contribution in [1.82, 2.24) is 25.1 Å². The fourth-order valence-corrected chi connectivity index (χ4v) is 3.29. The van der Waals surface area contributed by atoms with E-state index in [1.807, 2.05) is 54.6 Å². The molecule has 2 aromatic heterocycles. The fraction of sp³-hybridized carbons (Fsp3) is 0.167. The molecule has 9 nitrogen and oxygen atoms in total. The number of hydrogen-bond donors (Lipinski definition) is 2. The van der Waals surface area contributed by atoms with Crippen LogP contribution >= 0.6 is 0 Å². The van der Waals surface area contributed by atoms with Gasteiger partial charge in [-0.25, -0.2) is 14.6 Å². The van der Waals surface area contributed by atoms with Crippen LogP contribution in [0.5, 0.6) is 11.5 Å². The molecule has 0 saturated heterocycles. The second kappa shape index (κ2) is 10.4. The molecule has 3 N–H and O–H groups in total. The van der Waals surface area contributed by atoms with Crippen molar-refractivity contribution in [2.45, 2.75) is 6.54 Å². The molecule has 0 saturated carbocycles. The Balaban J connectivity index is 1.54. The summed E-state index contributed by atoms with van der Waals surface area (Å²) >= 11 is 0. The Labute approximate surface area is 190 Å². The molecule has 4 rings (SSSR count). The summed E-state index contributed by atoms with van der Waals surface area (Å²) in [4.78, 5) is 20.4. The molecule has 0 atom stereocenters. The monoisotopic (exact) mass is 444 g/mol. The SMILES string of the molecule is COC/C=C/C(=O)NCCn1nc(-c2ccc(Oc3ccccc3)cc2)c2c(N)ncnc21. The van der Waals surface area contributed by atoms with E-state index in [1.165, 1.54) is 12.4 Å². The molecule has 9 heteroatoms. The van der Waals surface area contributed by atoms with Crippen LogP contribution in [0.25, 0.3) is 22.3 Å². The van der Waals surface area contributed by atoms with Crippen LogP contribution in [0.4, 0.5) is 5.82 Å². The second-order valence-electron chi connectivity index (χ2n) is 7.12. The lowest BCUT2D eigenvalue weighted by molar-refractivity contribution is -0.116. The second-order valence-corrected chi connectivity index (χ2v) is 7.12. The minimum atomic E-state index is -0.202. The van der Waals surface area contributed by atoms with Gasteiger partial charge in [0.05, 0.1) is 18.5 Å². The number of benzene rings is 2. The highest BCUT2D eigenvalue weighted by atomic mass is 16.5. The number of rotatable bonds is 9. The normalized spacial score (nSPS) is 11.2. The van der Waals surface area contributed by atoms with Crippen molar-refractivity contribution in [1.29, 1.82) is 0 Å². The van der Waals surface area contributed by atoms with Crippen molar-refractivity contribution >= 4 is 22.8 Å². The zero-order valence-corrected chi connectivity index (χ0v) is 18.1. The first-order chi connectivity index (χ1) is 16.2. The molecule has 4 aromatic rings. The first-order valence-electron chi connectivity index (χ1n) is 10.4. The quantitative estimate of drug-likeness (QED) is 0.381. The van der Waals surface area contributed by atoms with Crippen LogP contribution < -0.4 is 15.8 Å². The molecule has 0 unspecified atom stereocenters. The van der Waals surface area contributed by atoms with E-state index in [-0.39, 0.29) is 5.91 Å². The van der Waals surface area contributed by atoms with Crippen LogP contribution in [0, 0.1) is 0 Å². The summed E-state index contributed by atoms with van der Waals surface area (Å²) in [5, 5.41) is 8.19. The Morgan fingerprint density at radius 2 is 1.85 bits per heavy atom. The molecule has 0 aliphatic heterocycles. The van der Waals surface area contributed by atoms with Gasteiger partial charge in [-0.1, -0.05) is 24.3 Å². The van der Waals surface area contributed by atoms with Crippen LogP contribution in [-0.4, -0.2) is 45.9 Å². The van der Waals surface area contributed by atoms with Crippen LogP contribution in [0.2, 0.25) is 0 Å². The highest BCUT2D eigenvalue weighted by Crippen LogP contribution is 2.31. The predicted molar refractivity (Wildman–Crippen MR) is 126 cm³/mol. The molecule has 0 aliphatic carbocycles. The third-order valence-corrected chi connectivity index (χ3v) is 4.82. The van der Waals surface area contributed by atoms with Gasteiger partial charge in [-0.15, -0.1) is 0 Å². The number of nitrogens with two attached hydrogens (primary N) is 1. The molecule has 0 spiro atoms. The first kappa shape index (κ1) is 22.0. The van der Waals surface area contributed by atoms with E-state index in [9.17, 15) is 4.79 Å². The summed E-state index contributed by atoms with van der Waals surface area (Å²) in [5.41, 5.74) is 8.29. The minimum Gasteiger partial charge on any atom is -0.457 e. The summed E-state index contributed by atoms with van der Waals surface area (Å²) < 4.78 is 12.5. The van der Waals surface area contributed by atoms with Crippen molar-refractivity contribution in [3.8, 4) is 22.8 Å². The first-order valence-corrected chi connectivity index (χ1v) is 10.4. The van der Waals surface area contributed by atoms with Gasteiger partial charge in [0.2, 0.25) is 5.91 Å². The average molecular weight is 444 g/mol. The maximum Gasteiger partial charge on any atom is 0.243 e. The Kier molecular flexibility index (Phi) is 6.91. The number of amides is 1. The van der Waals surface area contributed by atoms with E-state index in [2.05, 4.69) is 15.3 Å². The molecule has 168 valence electrons. The molecule has 0 radical (unpaired) electrons. The van der Waals surface area contributed by atoms with Crippen molar-refractivity contribution in [3.63, 3.8) is 0 Å². The molecule has 0 fully saturated rings. The van der Waals surface area contributed by atoms with Gasteiger partial charge < -0.3 is 20.5 Å². The van der Waals surface area contributed by atoms with Crippen molar-refractivity contribution < 1.29 is 14.3 Å². The zero-order chi connectivity index (χ0) is 23.0. The lowest BCUT2D eigenvalue weighted by Gasteiger charge is -2.06. The number of para-hydroxylation sites is 1. The van der Waals surface area contributed by atoms with Crippen molar-refractivity contribution in [2.24, 2.45) is 0 Å². The third kappa shape index (κ3) is 5.34. The van der Waals surface area contributed by atoms with Gasteiger partial charge in [-0.3, -0.25) is 4.79 Å². The Morgan fingerprint density at radius 3 is 2.61 bits per heavy atom. The maximum absolute atomic E-state index is 11.9. The van der Waals surface area contributed by atoms with Crippen molar-refractivity contribution in [3.05, 3.63) is 73.1 Å². The average Bonchev–Trinajstić information content (AvgIpc) is 3.20. The van der Waals surface area contributed by atoms with Crippen LogP contribution in [-0.2, 0) is 16.1 Å². The number of aromatic nitrogens is 4. The van der Waals surface area contributed by atoms with Gasteiger partial charge >= 0.3 is 0 Å². The smallest absolute Gasteiger partial charge is 0.243 e. The summed E-state index contributed by atoms with van der Waals surface area (Å²) in [6, 6.07) is 17.2. The van der Waals surface area contributed by atoms with Gasteiger partial charge in [-0.05, 0) is 36.4 Å². The number of hydrogen-bond acceptors (Lipinski definition) is 7. The standard InChI is InChI=1S/C24H24N6O3/c1-32-15-5-8-20(31)26-13-14-30-24-21(23(25)27-16-28-24)22(29-30)17-9-11-19(12-10-17)33-18-6-3-2-4-7-18/h2-12,16H,13-15H2,1H3,(H,26,31)(H2,25,27,28)/b8-5+. The van der Waals surface area contributed by atoms with Gasteiger partial charge in [0.15, 0.2) is 5.65 Å². The van der Waals surface area contributed by atoms with Crippen LogP contribution in [0.3, 0.4) is 0 Å². The molecule has 2 heterocycles. The highest BCUT2D eigenvalue weighted by molar-refractivity contribution is 5.98. The lowest BCUT2D eigenvalue weighted by atomic mass is 10.1. The number of methoxy groups -OCH3 is 1. The molecular formula is C24H24N6O3. The maximum atomic E-state index is 11.9. The van der Waals surface area contributed by atoms with Crippen molar-refractivity contribution in [2.75, 3.05) is 26.0 Å². The number of carbonyl (C=O) groups is 1. The minimum absolute atomic E-state index is 0.202. The van der Waals surface area contributed by atoms with Gasteiger partial charge in [-0.2, -0.15) is 5.10 Å². The largest absolute Gasteiger partial charge is 0.457 e. The summed E-state index contributed by atoms with van der Waals surface area (Å²) in [6.07, 6.45) is 4.49. The molecule has 0 aliphatic rings. The van der Waals surface area contributed by atoms with E-state index < -0.39 is 0 Å². The fourth-order valence-electron chi connectivity index (χ4n) is 3.29. The molecule has 1 amide bonds. The third-order valence-electron chi connectivity index (χ3n) is 4.82. The molecule has 0 bridgehead atoms. The summed E-state index contributed by atoms with van der Waals surface area (Å²) in [5.74, 6) is 1.61. The lowest BCUT2D eigenvalue weighted by Crippen LogP contribution is -2.26. The summed E-state index contributed by atoms with van der Waals surface area (Å²) in [7, 11) is 1.57. The zero-order valence-electron chi connectivity index (χ0n) is 18.1. The highest BCUT2D eigenvalue weighted by Gasteiger charge is 2.17. The topological polar surface area (TPSA) is 117 Å². The number of ether oxygens (including phenoxy) is 2.